The minimum atomic E-state index is -0.216. The van der Waals surface area contributed by atoms with E-state index in [1.807, 2.05) is 33.8 Å². The Hall–Kier alpha value is -2.07. The van der Waals surface area contributed by atoms with Crippen molar-refractivity contribution in [1.29, 1.82) is 5.26 Å². The average Bonchev–Trinajstić information content (AvgIpc) is 2.88. The molecule has 0 saturated carbocycles. The van der Waals surface area contributed by atoms with E-state index in [1.54, 1.807) is 11.0 Å². The van der Waals surface area contributed by atoms with Crippen LogP contribution in [0.5, 0.6) is 0 Å². The lowest BCUT2D eigenvalue weighted by Crippen LogP contribution is -2.31. The molecule has 1 heterocycles. The quantitative estimate of drug-likeness (QED) is 0.386. The van der Waals surface area contributed by atoms with E-state index in [-0.39, 0.29) is 11.5 Å². The number of benzene rings is 1. The molecule has 1 aromatic heterocycles. The summed E-state index contributed by atoms with van der Waals surface area (Å²) in [6, 6.07) is 12.3. The number of amides is 1. The molecule has 2 rings (SSSR count). The fraction of sp³-hybridized carbons (Fsp3) is 0.300. The van der Waals surface area contributed by atoms with Gasteiger partial charge in [0.05, 0.1) is 0 Å². The van der Waals surface area contributed by atoms with Crippen molar-refractivity contribution in [3.05, 3.63) is 56.4 Å². The van der Waals surface area contributed by atoms with Gasteiger partial charge in [0.25, 0.3) is 5.91 Å². The summed E-state index contributed by atoms with van der Waals surface area (Å²) < 4.78 is 3.32. The number of nitrogens with zero attached hydrogens (tertiary/aromatic N) is 3. The van der Waals surface area contributed by atoms with E-state index in [9.17, 15) is 10.1 Å². The molecule has 1 amide bonds. The lowest BCUT2D eigenvalue weighted by Gasteiger charge is -2.17. The number of rotatable bonds is 5. The van der Waals surface area contributed by atoms with E-state index in [4.69, 9.17) is 0 Å². The van der Waals surface area contributed by atoms with Crippen molar-refractivity contribution in [3.63, 3.8) is 0 Å². The maximum absolute atomic E-state index is 12.5. The molecule has 1 aromatic carbocycles. The summed E-state index contributed by atoms with van der Waals surface area (Å²) in [4.78, 5) is 14.1. The van der Waals surface area contributed by atoms with Gasteiger partial charge in [-0.15, -0.1) is 0 Å². The topological polar surface area (TPSA) is 49.0 Å². The molecule has 0 aliphatic rings. The number of carbonyl (C=O) groups is 1. The summed E-state index contributed by atoms with van der Waals surface area (Å²) in [5.74, 6) is -0.216. The largest absolute Gasteiger partial charge is 0.339 e. The third-order valence-corrected chi connectivity index (χ3v) is 4.98. The minimum Gasteiger partial charge on any atom is -0.339 e. The Morgan fingerprint density at radius 1 is 1.24 bits per heavy atom. The molecule has 0 spiro atoms. The average molecular weight is 447 g/mol. The molecule has 0 fully saturated rings. The summed E-state index contributed by atoms with van der Waals surface area (Å²) in [5, 5.41) is 9.44. The van der Waals surface area contributed by atoms with E-state index < -0.39 is 0 Å². The van der Waals surface area contributed by atoms with Crippen LogP contribution in [0.25, 0.3) is 11.8 Å². The van der Waals surface area contributed by atoms with Gasteiger partial charge in [-0.05, 0) is 92.3 Å². The molecular weight excluding hydrogens is 425 g/mol. The molecule has 4 nitrogen and oxygen atoms in total. The second-order valence-corrected chi connectivity index (χ2v) is 7.03. The zero-order chi connectivity index (χ0) is 18.6. The third kappa shape index (κ3) is 4.13. The van der Waals surface area contributed by atoms with Crippen LogP contribution >= 0.6 is 22.6 Å². The van der Waals surface area contributed by atoms with Crippen LogP contribution in [0.4, 0.5) is 0 Å². The molecule has 2 aromatic rings. The highest BCUT2D eigenvalue weighted by Gasteiger charge is 2.17. The highest BCUT2D eigenvalue weighted by atomic mass is 127. The first-order valence-corrected chi connectivity index (χ1v) is 9.36. The van der Waals surface area contributed by atoms with Gasteiger partial charge in [0.2, 0.25) is 0 Å². The number of carbonyl (C=O) groups excluding carboxylic acids is 1. The Bertz CT molecular complexity index is 837. The minimum absolute atomic E-state index is 0.173. The predicted molar refractivity (Wildman–Crippen MR) is 109 cm³/mol. The second kappa shape index (κ2) is 8.34. The van der Waals surface area contributed by atoms with Gasteiger partial charge < -0.3 is 9.47 Å². The van der Waals surface area contributed by atoms with Crippen molar-refractivity contribution in [2.75, 3.05) is 13.1 Å². The van der Waals surface area contributed by atoms with Crippen LogP contribution in [0.1, 0.15) is 30.8 Å². The Morgan fingerprint density at radius 2 is 1.84 bits per heavy atom. The summed E-state index contributed by atoms with van der Waals surface area (Å²) in [6.45, 7) is 9.05. The van der Waals surface area contributed by atoms with Crippen LogP contribution < -0.4 is 0 Å². The number of nitriles is 1. The van der Waals surface area contributed by atoms with Crippen molar-refractivity contribution in [1.82, 2.24) is 9.47 Å². The number of likely N-dealkylation sites (N-methyl/N-ethyl adjacent to an activating group) is 1. The Morgan fingerprint density at radius 3 is 2.36 bits per heavy atom. The predicted octanol–water partition coefficient (Wildman–Crippen LogP) is 4.47. The molecule has 0 radical (unpaired) electrons. The monoisotopic (exact) mass is 447 g/mol. The van der Waals surface area contributed by atoms with Gasteiger partial charge in [0, 0.05) is 33.7 Å². The van der Waals surface area contributed by atoms with Crippen molar-refractivity contribution in [2.24, 2.45) is 0 Å². The smallest absolute Gasteiger partial charge is 0.264 e. The van der Waals surface area contributed by atoms with Crippen LogP contribution in [-0.4, -0.2) is 28.5 Å². The van der Waals surface area contributed by atoms with Crippen LogP contribution in [0, 0.1) is 28.7 Å². The summed E-state index contributed by atoms with van der Waals surface area (Å²) >= 11 is 2.28. The molecule has 130 valence electrons. The van der Waals surface area contributed by atoms with E-state index in [0.717, 1.165) is 22.6 Å². The van der Waals surface area contributed by atoms with Gasteiger partial charge in [-0.25, -0.2) is 0 Å². The number of hydrogen-bond donors (Lipinski definition) is 0. The van der Waals surface area contributed by atoms with E-state index in [1.165, 1.54) is 3.57 Å². The number of aryl methyl sites for hydroxylation is 1. The first kappa shape index (κ1) is 19.3. The van der Waals surface area contributed by atoms with Gasteiger partial charge in [-0.2, -0.15) is 5.26 Å². The molecule has 0 aliphatic heterocycles. The lowest BCUT2D eigenvalue weighted by molar-refractivity contribution is -0.126. The Kier molecular flexibility index (Phi) is 6.43. The maximum Gasteiger partial charge on any atom is 0.264 e. The molecule has 0 aliphatic carbocycles. The zero-order valence-electron chi connectivity index (χ0n) is 15.0. The normalized spacial score (nSPS) is 11.3. The van der Waals surface area contributed by atoms with Crippen molar-refractivity contribution < 1.29 is 4.79 Å². The number of halogens is 1. The van der Waals surface area contributed by atoms with Crippen LogP contribution in [-0.2, 0) is 4.79 Å². The Balaban J connectivity index is 2.47. The number of aromatic nitrogens is 1. The molecule has 25 heavy (non-hydrogen) atoms. The summed E-state index contributed by atoms with van der Waals surface area (Å²) in [5.41, 5.74) is 4.22. The summed E-state index contributed by atoms with van der Waals surface area (Å²) in [7, 11) is 0. The van der Waals surface area contributed by atoms with Gasteiger partial charge in [-0.3, -0.25) is 4.79 Å². The SMILES string of the molecule is CCN(CC)C(=O)/C(C#N)=C\c1cc(C)n(-c2ccc(I)cc2)c1C. The third-order valence-electron chi connectivity index (χ3n) is 4.26. The van der Waals surface area contributed by atoms with Crippen molar-refractivity contribution in [2.45, 2.75) is 27.7 Å². The van der Waals surface area contributed by atoms with Crippen molar-refractivity contribution in [3.8, 4) is 11.8 Å². The standard InChI is InChI=1S/C20H22IN3O/c1-5-23(6-2)20(25)17(13-22)12-16-11-14(3)24(15(16)4)19-9-7-18(21)8-10-19/h7-12H,5-6H2,1-4H3/b17-12-. The highest BCUT2D eigenvalue weighted by molar-refractivity contribution is 14.1. The van der Waals surface area contributed by atoms with E-state index >= 15 is 0 Å². The van der Waals surface area contributed by atoms with Gasteiger partial charge in [0.15, 0.2) is 0 Å². The fourth-order valence-corrected chi connectivity index (χ4v) is 3.26. The molecule has 0 saturated heterocycles. The second-order valence-electron chi connectivity index (χ2n) is 5.79. The van der Waals surface area contributed by atoms with Crippen LogP contribution in [0.2, 0.25) is 0 Å². The van der Waals surface area contributed by atoms with E-state index in [0.29, 0.717) is 13.1 Å². The highest BCUT2D eigenvalue weighted by Crippen LogP contribution is 2.23. The first-order chi connectivity index (χ1) is 11.9. The molecule has 5 heteroatoms. The molecule has 0 bridgehead atoms. The van der Waals surface area contributed by atoms with Gasteiger partial charge >= 0.3 is 0 Å². The van der Waals surface area contributed by atoms with Gasteiger partial charge in [0.1, 0.15) is 11.6 Å². The molecule has 0 N–H and O–H groups in total. The molecule has 0 unspecified atom stereocenters. The fourth-order valence-electron chi connectivity index (χ4n) is 2.90. The zero-order valence-corrected chi connectivity index (χ0v) is 17.2. The van der Waals surface area contributed by atoms with Gasteiger partial charge in [-0.1, -0.05) is 0 Å². The van der Waals surface area contributed by atoms with Crippen LogP contribution in [0.3, 0.4) is 0 Å². The first-order valence-electron chi connectivity index (χ1n) is 8.28. The lowest BCUT2D eigenvalue weighted by atomic mass is 10.1. The molecular formula is C20H22IN3O. The number of hydrogen-bond acceptors (Lipinski definition) is 2. The summed E-state index contributed by atoms with van der Waals surface area (Å²) in [6.07, 6.45) is 1.70. The maximum atomic E-state index is 12.5. The molecule has 0 atom stereocenters. The van der Waals surface area contributed by atoms with Crippen molar-refractivity contribution >= 4 is 34.6 Å². The Labute approximate surface area is 162 Å². The van der Waals surface area contributed by atoms with E-state index in [2.05, 4.69) is 57.5 Å². The van der Waals surface area contributed by atoms with Crippen LogP contribution in [0.15, 0.2) is 35.9 Å².